The molecule has 0 aliphatic heterocycles. The van der Waals surface area contributed by atoms with E-state index >= 15 is 0 Å². The maximum absolute atomic E-state index is 11.1. The van der Waals surface area contributed by atoms with Crippen molar-refractivity contribution in [2.24, 2.45) is 0 Å². The molecule has 0 fully saturated rings. The number of alkyl halides is 2. The second kappa shape index (κ2) is 3.17. The summed E-state index contributed by atoms with van der Waals surface area (Å²) >= 11 is 0. The van der Waals surface area contributed by atoms with E-state index < -0.39 is 19.1 Å². The van der Waals surface area contributed by atoms with Crippen molar-refractivity contribution < 1.29 is 18.7 Å². The molecule has 0 unspecified atom stereocenters. The predicted octanol–water partition coefficient (Wildman–Crippen LogP) is 0.519. The van der Waals surface area contributed by atoms with E-state index in [1.54, 1.807) is 0 Å². The van der Waals surface area contributed by atoms with Crippen LogP contribution in [0.2, 0.25) is 0 Å². The number of rotatable bonds is 2. The van der Waals surface area contributed by atoms with Gasteiger partial charge >= 0.3 is 6.09 Å². The summed E-state index contributed by atoms with van der Waals surface area (Å²) in [6.07, 6.45) is -4.03. The number of carboxylic acid groups (broad SMARTS) is 1. The van der Waals surface area contributed by atoms with E-state index in [9.17, 15) is 13.6 Å². The fourth-order valence-corrected chi connectivity index (χ4v) is 0.164. The second-order valence-corrected chi connectivity index (χ2v) is 1.08. The molecular weight excluding hydrogens is 120 g/mol. The van der Waals surface area contributed by atoms with E-state index in [4.69, 9.17) is 5.11 Å². The van der Waals surface area contributed by atoms with Gasteiger partial charge in [-0.05, 0) is 0 Å². The predicted molar refractivity (Wildman–Crippen MR) is 22.0 cm³/mol. The Morgan fingerprint density at radius 1 is 1.75 bits per heavy atom. The van der Waals surface area contributed by atoms with E-state index in [1.807, 2.05) is 0 Å². The number of halogens is 2. The molecule has 0 aliphatic carbocycles. The van der Waals surface area contributed by atoms with Crippen LogP contribution in [0.15, 0.2) is 0 Å². The molecule has 8 heavy (non-hydrogen) atoms. The zero-order valence-corrected chi connectivity index (χ0v) is 3.90. The van der Waals surface area contributed by atoms with E-state index in [0.717, 1.165) is 0 Å². The van der Waals surface area contributed by atoms with E-state index in [1.165, 1.54) is 5.32 Å². The number of carbonyl (C=O) groups is 1. The third kappa shape index (κ3) is 5.13. The molecule has 0 aliphatic rings. The van der Waals surface area contributed by atoms with Crippen molar-refractivity contribution in [1.29, 1.82) is 0 Å². The van der Waals surface area contributed by atoms with Crippen LogP contribution < -0.4 is 5.32 Å². The Morgan fingerprint density at radius 3 is 2.38 bits per heavy atom. The summed E-state index contributed by atoms with van der Waals surface area (Å²) in [5.41, 5.74) is 0. The van der Waals surface area contributed by atoms with E-state index in [-0.39, 0.29) is 0 Å². The first kappa shape index (κ1) is 7.13. The number of hydrogen-bond acceptors (Lipinski definition) is 1. The summed E-state index contributed by atoms with van der Waals surface area (Å²) in [5.74, 6) is 0. The molecule has 5 heteroatoms. The van der Waals surface area contributed by atoms with Gasteiger partial charge in [-0.2, -0.15) is 0 Å². The molecule has 48 valence electrons. The van der Waals surface area contributed by atoms with Crippen LogP contribution in [0.3, 0.4) is 0 Å². The number of amides is 1. The lowest BCUT2D eigenvalue weighted by molar-refractivity contribution is 0.137. The zero-order valence-electron chi connectivity index (χ0n) is 3.90. The van der Waals surface area contributed by atoms with Crippen LogP contribution in [0.1, 0.15) is 0 Å². The molecule has 0 rings (SSSR count). The largest absolute Gasteiger partial charge is 0.465 e. The Kier molecular flexibility index (Phi) is 2.83. The lowest BCUT2D eigenvalue weighted by atomic mass is 10.7. The monoisotopic (exact) mass is 125 g/mol. The molecule has 0 saturated carbocycles. The highest BCUT2D eigenvalue weighted by molar-refractivity contribution is 5.64. The van der Waals surface area contributed by atoms with Crippen molar-refractivity contribution in [2.75, 3.05) is 6.54 Å². The van der Waals surface area contributed by atoms with Gasteiger partial charge in [0.25, 0.3) is 6.43 Å². The minimum Gasteiger partial charge on any atom is -0.465 e. The molecule has 0 bridgehead atoms. The second-order valence-electron chi connectivity index (χ2n) is 1.08. The van der Waals surface area contributed by atoms with Crippen LogP contribution >= 0.6 is 0 Å². The van der Waals surface area contributed by atoms with Crippen molar-refractivity contribution in [2.45, 2.75) is 6.43 Å². The Labute approximate surface area is 44.3 Å². The van der Waals surface area contributed by atoms with Gasteiger partial charge in [-0.25, -0.2) is 13.6 Å². The average molecular weight is 125 g/mol. The lowest BCUT2D eigenvalue weighted by Gasteiger charge is -1.95. The summed E-state index contributed by atoms with van der Waals surface area (Å²) in [7, 11) is 0. The number of nitrogens with one attached hydrogen (secondary N) is 1. The van der Waals surface area contributed by atoms with Gasteiger partial charge in [0.15, 0.2) is 0 Å². The topological polar surface area (TPSA) is 49.3 Å². The summed E-state index contributed by atoms with van der Waals surface area (Å²) in [6.45, 7) is -0.796. The normalized spacial score (nSPS) is 9.38. The van der Waals surface area contributed by atoms with Crippen molar-refractivity contribution in [1.82, 2.24) is 5.32 Å². The highest BCUT2D eigenvalue weighted by Crippen LogP contribution is 1.86. The minimum atomic E-state index is -2.61. The zero-order chi connectivity index (χ0) is 6.57. The molecule has 1 amide bonds. The Balaban J connectivity index is 3.05. The maximum Gasteiger partial charge on any atom is 0.404 e. The molecule has 3 nitrogen and oxygen atoms in total. The summed E-state index contributed by atoms with van der Waals surface area (Å²) in [5, 5.41) is 9.23. The minimum absolute atomic E-state index is 0.796. The van der Waals surface area contributed by atoms with Gasteiger partial charge in [0, 0.05) is 0 Å². The van der Waals surface area contributed by atoms with Crippen molar-refractivity contribution in [3.63, 3.8) is 0 Å². The SMILES string of the molecule is O=C(O)NCC(F)F. The van der Waals surface area contributed by atoms with Crippen molar-refractivity contribution >= 4 is 6.09 Å². The van der Waals surface area contributed by atoms with Crippen molar-refractivity contribution in [3.05, 3.63) is 0 Å². The fourth-order valence-electron chi connectivity index (χ4n) is 0.164. The molecule has 0 heterocycles. The van der Waals surface area contributed by atoms with E-state index in [2.05, 4.69) is 0 Å². The van der Waals surface area contributed by atoms with Crippen LogP contribution in [-0.2, 0) is 0 Å². The van der Waals surface area contributed by atoms with Crippen LogP contribution in [0.25, 0.3) is 0 Å². The van der Waals surface area contributed by atoms with Crippen LogP contribution in [0, 0.1) is 0 Å². The van der Waals surface area contributed by atoms with Gasteiger partial charge in [-0.15, -0.1) is 0 Å². The van der Waals surface area contributed by atoms with Gasteiger partial charge in [0.05, 0.1) is 6.54 Å². The highest BCUT2D eigenvalue weighted by atomic mass is 19.3. The smallest absolute Gasteiger partial charge is 0.404 e. The molecule has 0 aromatic heterocycles. The Hall–Kier alpha value is -0.870. The third-order valence-corrected chi connectivity index (χ3v) is 0.408. The molecule has 0 saturated heterocycles. The molecular formula is C3H5F2NO2. The molecule has 0 atom stereocenters. The molecule has 0 radical (unpaired) electrons. The summed E-state index contributed by atoms with van der Waals surface area (Å²) in [4.78, 5) is 9.46. The summed E-state index contributed by atoms with van der Waals surface area (Å²) < 4.78 is 22.1. The first-order valence-corrected chi connectivity index (χ1v) is 1.88. The van der Waals surface area contributed by atoms with Gasteiger partial charge in [-0.1, -0.05) is 0 Å². The summed E-state index contributed by atoms with van der Waals surface area (Å²) in [6, 6.07) is 0. The molecule has 0 aromatic rings. The number of hydrogen-bond donors (Lipinski definition) is 2. The lowest BCUT2D eigenvalue weighted by Crippen LogP contribution is -2.26. The quantitative estimate of drug-likeness (QED) is 0.565. The Bertz CT molecular complexity index is 85.4. The molecule has 2 N–H and O–H groups in total. The highest BCUT2D eigenvalue weighted by Gasteiger charge is 2.02. The van der Waals surface area contributed by atoms with Crippen molar-refractivity contribution in [3.8, 4) is 0 Å². The molecule has 0 spiro atoms. The Morgan fingerprint density at radius 2 is 2.25 bits per heavy atom. The molecule has 0 aromatic carbocycles. The maximum atomic E-state index is 11.1. The van der Waals surface area contributed by atoms with Crippen LogP contribution in [0.5, 0.6) is 0 Å². The first-order valence-electron chi connectivity index (χ1n) is 1.88. The standard InChI is InChI=1S/C3H5F2NO2/c4-2(5)1-6-3(7)8/h2,6H,1H2,(H,7,8). The van der Waals surface area contributed by atoms with Crippen LogP contribution in [-0.4, -0.2) is 24.2 Å². The average Bonchev–Trinajstić information content (AvgIpc) is 1.61. The van der Waals surface area contributed by atoms with Gasteiger partial charge < -0.3 is 10.4 Å². The first-order chi connectivity index (χ1) is 3.63. The third-order valence-electron chi connectivity index (χ3n) is 0.408. The van der Waals surface area contributed by atoms with Gasteiger partial charge in [-0.3, -0.25) is 0 Å². The van der Waals surface area contributed by atoms with Gasteiger partial charge in [0.2, 0.25) is 0 Å². The van der Waals surface area contributed by atoms with Gasteiger partial charge in [0.1, 0.15) is 0 Å². The fraction of sp³-hybridized carbons (Fsp3) is 0.667. The van der Waals surface area contributed by atoms with Crippen LogP contribution in [0.4, 0.5) is 13.6 Å². The van der Waals surface area contributed by atoms with E-state index in [0.29, 0.717) is 0 Å².